The zero-order valence-corrected chi connectivity index (χ0v) is 14.3. The Morgan fingerprint density at radius 3 is 2.21 bits per heavy atom. The predicted octanol–water partition coefficient (Wildman–Crippen LogP) is 3.14. The molecule has 1 rings (SSSR count). The van der Waals surface area contributed by atoms with Crippen LogP contribution in [0.15, 0.2) is 24.3 Å². The molecule has 0 aliphatic heterocycles. The molecule has 1 aromatic carbocycles. The van der Waals surface area contributed by atoms with Crippen LogP contribution in [0.5, 0.6) is 0 Å². The van der Waals surface area contributed by atoms with Crippen molar-refractivity contribution >= 4 is 21.6 Å². The van der Waals surface area contributed by atoms with Gasteiger partial charge < -0.3 is 5.32 Å². The summed E-state index contributed by atoms with van der Waals surface area (Å²) in [5.41, 5.74) is -0.494. The maximum atomic E-state index is 12.4. The molecule has 0 spiro atoms. The van der Waals surface area contributed by atoms with Gasteiger partial charge in [0.05, 0.1) is 10.8 Å². The number of rotatable bonds is 8. The molecule has 24 heavy (non-hydrogen) atoms. The lowest BCUT2D eigenvalue weighted by Crippen LogP contribution is -2.31. The smallest absolute Gasteiger partial charge is 0.326 e. The van der Waals surface area contributed by atoms with Gasteiger partial charge in [-0.15, -0.1) is 0 Å². The van der Waals surface area contributed by atoms with E-state index in [1.165, 1.54) is 12.1 Å². The number of alkyl halides is 3. The molecular weight excluding hydrogens is 345 g/mol. The first kappa shape index (κ1) is 20.4. The quantitative estimate of drug-likeness (QED) is 0.694. The molecule has 0 saturated heterocycles. The molecule has 0 saturated carbocycles. The molecule has 0 atom stereocenters. The van der Waals surface area contributed by atoms with Gasteiger partial charge in [0, 0.05) is 18.7 Å². The van der Waals surface area contributed by atoms with E-state index < -0.39 is 27.0 Å². The Balaban J connectivity index is 2.32. The molecule has 9 heteroatoms. The SMILES string of the molecule is CC(C)S(=O)(=O)NCCCCC(=O)Nc1ccc(C(F)(F)F)cc1. The monoisotopic (exact) mass is 366 g/mol. The fourth-order valence-corrected chi connectivity index (χ4v) is 2.52. The van der Waals surface area contributed by atoms with E-state index in [1.807, 2.05) is 0 Å². The van der Waals surface area contributed by atoms with Crippen molar-refractivity contribution in [1.29, 1.82) is 0 Å². The van der Waals surface area contributed by atoms with Crippen molar-refractivity contribution in [2.75, 3.05) is 11.9 Å². The number of unbranched alkanes of at least 4 members (excludes halogenated alkanes) is 1. The molecule has 1 aromatic rings. The van der Waals surface area contributed by atoms with Gasteiger partial charge >= 0.3 is 6.18 Å². The number of carbonyl (C=O) groups excluding carboxylic acids is 1. The highest BCUT2D eigenvalue weighted by molar-refractivity contribution is 7.90. The number of carbonyl (C=O) groups is 1. The van der Waals surface area contributed by atoms with Crippen LogP contribution in [0.25, 0.3) is 0 Å². The Kier molecular flexibility index (Phi) is 7.22. The third kappa shape index (κ3) is 6.88. The Morgan fingerprint density at radius 2 is 1.71 bits per heavy atom. The summed E-state index contributed by atoms with van der Waals surface area (Å²) in [5.74, 6) is -0.332. The van der Waals surface area contributed by atoms with Crippen LogP contribution < -0.4 is 10.0 Å². The third-order valence-corrected chi connectivity index (χ3v) is 5.10. The van der Waals surface area contributed by atoms with Crippen LogP contribution in [0, 0.1) is 0 Å². The summed E-state index contributed by atoms with van der Waals surface area (Å²) in [4.78, 5) is 11.7. The number of halogens is 3. The van der Waals surface area contributed by atoms with Gasteiger partial charge in [-0.2, -0.15) is 13.2 Å². The van der Waals surface area contributed by atoms with Crippen molar-refractivity contribution in [2.24, 2.45) is 0 Å². The topological polar surface area (TPSA) is 75.3 Å². The molecule has 0 heterocycles. The summed E-state index contributed by atoms with van der Waals surface area (Å²) in [6, 6.07) is 4.18. The summed E-state index contributed by atoms with van der Waals surface area (Å²) in [6.45, 7) is 3.38. The second-order valence-corrected chi connectivity index (χ2v) is 7.89. The number of benzene rings is 1. The van der Waals surface area contributed by atoms with Gasteiger partial charge in [-0.1, -0.05) is 0 Å². The van der Waals surface area contributed by atoms with Crippen molar-refractivity contribution in [2.45, 2.75) is 44.5 Å². The third-order valence-electron chi connectivity index (χ3n) is 3.25. The molecule has 0 aliphatic rings. The number of sulfonamides is 1. The van der Waals surface area contributed by atoms with Crippen molar-refractivity contribution in [3.8, 4) is 0 Å². The average molecular weight is 366 g/mol. The lowest BCUT2D eigenvalue weighted by Gasteiger charge is -2.10. The first-order valence-electron chi connectivity index (χ1n) is 7.48. The van der Waals surface area contributed by atoms with Crippen LogP contribution in [0.1, 0.15) is 38.7 Å². The lowest BCUT2D eigenvalue weighted by atomic mass is 10.2. The van der Waals surface area contributed by atoms with E-state index in [2.05, 4.69) is 10.0 Å². The van der Waals surface area contributed by atoms with E-state index in [1.54, 1.807) is 13.8 Å². The number of anilines is 1. The van der Waals surface area contributed by atoms with Gasteiger partial charge in [-0.05, 0) is 51.0 Å². The highest BCUT2D eigenvalue weighted by Gasteiger charge is 2.29. The van der Waals surface area contributed by atoms with Crippen LogP contribution in [0.2, 0.25) is 0 Å². The highest BCUT2D eigenvalue weighted by atomic mass is 32.2. The van der Waals surface area contributed by atoms with E-state index in [4.69, 9.17) is 0 Å². The Hall–Kier alpha value is -1.61. The molecule has 0 radical (unpaired) electrons. The minimum absolute atomic E-state index is 0.157. The summed E-state index contributed by atoms with van der Waals surface area (Å²) >= 11 is 0. The van der Waals surface area contributed by atoms with E-state index >= 15 is 0 Å². The summed E-state index contributed by atoms with van der Waals surface area (Å²) in [5, 5.41) is 1.99. The number of hydrogen-bond acceptors (Lipinski definition) is 3. The second kappa shape index (κ2) is 8.48. The molecule has 0 bridgehead atoms. The van der Waals surface area contributed by atoms with Gasteiger partial charge in [-0.25, -0.2) is 13.1 Å². The van der Waals surface area contributed by atoms with E-state index in [0.717, 1.165) is 12.1 Å². The molecule has 1 amide bonds. The summed E-state index contributed by atoms with van der Waals surface area (Å²) < 4.78 is 62.7. The van der Waals surface area contributed by atoms with Crippen molar-refractivity contribution < 1.29 is 26.4 Å². The zero-order chi connectivity index (χ0) is 18.4. The fourth-order valence-electron chi connectivity index (χ4n) is 1.76. The molecular formula is C15H21F3N2O3S. The molecule has 0 aromatic heterocycles. The fraction of sp³-hybridized carbons (Fsp3) is 0.533. The molecule has 0 fully saturated rings. The standard InChI is InChI=1S/C15H21F3N2O3S/c1-11(2)24(22,23)19-10-4-3-5-14(21)20-13-8-6-12(7-9-13)15(16,17)18/h6-9,11,19H,3-5,10H2,1-2H3,(H,20,21). The van der Waals surface area contributed by atoms with E-state index in [-0.39, 0.29) is 24.6 Å². The van der Waals surface area contributed by atoms with Crippen LogP contribution >= 0.6 is 0 Å². The van der Waals surface area contributed by atoms with Crippen molar-refractivity contribution in [1.82, 2.24) is 4.72 Å². The molecule has 2 N–H and O–H groups in total. The Bertz CT molecular complexity index is 641. The minimum Gasteiger partial charge on any atom is -0.326 e. The number of hydrogen-bond donors (Lipinski definition) is 2. The van der Waals surface area contributed by atoms with Crippen LogP contribution in [0.3, 0.4) is 0 Å². The maximum absolute atomic E-state index is 12.4. The number of amides is 1. The Morgan fingerprint density at radius 1 is 1.12 bits per heavy atom. The van der Waals surface area contributed by atoms with Crippen LogP contribution in [-0.4, -0.2) is 26.1 Å². The predicted molar refractivity (Wildman–Crippen MR) is 86.0 cm³/mol. The normalized spacial score (nSPS) is 12.4. The summed E-state index contributed by atoms with van der Waals surface area (Å²) in [7, 11) is -3.31. The van der Waals surface area contributed by atoms with Gasteiger partial charge in [0.15, 0.2) is 0 Å². The van der Waals surface area contributed by atoms with Crippen molar-refractivity contribution in [3.05, 3.63) is 29.8 Å². The van der Waals surface area contributed by atoms with E-state index in [0.29, 0.717) is 12.8 Å². The first-order valence-corrected chi connectivity index (χ1v) is 9.02. The second-order valence-electron chi connectivity index (χ2n) is 5.57. The molecule has 0 unspecified atom stereocenters. The maximum Gasteiger partial charge on any atom is 0.416 e. The highest BCUT2D eigenvalue weighted by Crippen LogP contribution is 2.29. The van der Waals surface area contributed by atoms with Crippen molar-refractivity contribution in [3.63, 3.8) is 0 Å². The molecule has 0 aliphatic carbocycles. The molecule has 136 valence electrons. The minimum atomic E-state index is -4.41. The average Bonchev–Trinajstić information content (AvgIpc) is 2.46. The number of nitrogens with one attached hydrogen (secondary N) is 2. The molecule has 5 nitrogen and oxygen atoms in total. The van der Waals surface area contributed by atoms with E-state index in [9.17, 15) is 26.4 Å². The van der Waals surface area contributed by atoms with Crippen LogP contribution in [0.4, 0.5) is 18.9 Å². The first-order chi connectivity index (χ1) is 11.0. The lowest BCUT2D eigenvalue weighted by molar-refractivity contribution is -0.137. The van der Waals surface area contributed by atoms with Gasteiger partial charge in [0.1, 0.15) is 0 Å². The van der Waals surface area contributed by atoms with Gasteiger partial charge in [0.2, 0.25) is 15.9 Å². The van der Waals surface area contributed by atoms with Gasteiger partial charge in [-0.3, -0.25) is 4.79 Å². The Labute approximate surface area is 139 Å². The van der Waals surface area contributed by atoms with Gasteiger partial charge in [0.25, 0.3) is 0 Å². The summed E-state index contributed by atoms with van der Waals surface area (Å²) in [6.07, 6.45) is -3.30. The van der Waals surface area contributed by atoms with Crippen LogP contribution in [-0.2, 0) is 21.0 Å². The zero-order valence-electron chi connectivity index (χ0n) is 13.5. The largest absolute Gasteiger partial charge is 0.416 e.